The second kappa shape index (κ2) is 2.93. The van der Waals surface area contributed by atoms with Crippen LogP contribution in [0, 0.1) is 6.92 Å². The average molecular weight is 193 g/mol. The largest absolute Gasteiger partial charge is 0.507 e. The van der Waals surface area contributed by atoms with Gasteiger partial charge in [-0.15, -0.1) is 0 Å². The second-order valence-corrected chi connectivity index (χ2v) is 3.59. The van der Waals surface area contributed by atoms with Crippen LogP contribution < -0.4 is 0 Å². The summed E-state index contributed by atoms with van der Waals surface area (Å²) in [5, 5.41) is 12.0. The van der Waals surface area contributed by atoms with Crippen molar-refractivity contribution in [1.29, 1.82) is 0 Å². The normalized spacial score (nSPS) is 10.6. The Morgan fingerprint density at radius 2 is 1.92 bits per heavy atom. The summed E-state index contributed by atoms with van der Waals surface area (Å²) in [5.74, 6) is 0.242. The van der Waals surface area contributed by atoms with Crippen LogP contribution in [-0.4, -0.2) is 5.11 Å². The molecule has 66 valence electrons. The molecule has 0 aliphatic carbocycles. The summed E-state index contributed by atoms with van der Waals surface area (Å²) in [4.78, 5) is 0. The van der Waals surface area contributed by atoms with Gasteiger partial charge < -0.3 is 5.11 Å². The van der Waals surface area contributed by atoms with E-state index in [1.54, 1.807) is 6.07 Å². The molecule has 0 bridgehead atoms. The molecule has 0 unspecified atom stereocenters. The molecule has 2 aromatic carbocycles. The van der Waals surface area contributed by atoms with E-state index in [1.807, 2.05) is 31.2 Å². The number of aryl methyl sites for hydroxylation is 1. The third-order valence-corrected chi connectivity index (χ3v) is 2.27. The Balaban J connectivity index is 2.87. The Morgan fingerprint density at radius 3 is 2.69 bits per heavy atom. The monoisotopic (exact) mass is 192 g/mol. The molecule has 0 amide bonds. The lowest BCUT2D eigenvalue weighted by Gasteiger charge is -2.02. The minimum absolute atomic E-state index is 0.242. The van der Waals surface area contributed by atoms with Gasteiger partial charge >= 0.3 is 0 Å². The fourth-order valence-corrected chi connectivity index (χ4v) is 1.64. The zero-order chi connectivity index (χ0) is 9.42. The van der Waals surface area contributed by atoms with Crippen molar-refractivity contribution in [2.45, 2.75) is 6.92 Å². The highest BCUT2D eigenvalue weighted by Crippen LogP contribution is 2.29. The molecule has 2 heteroatoms. The fraction of sp³-hybridized carbons (Fsp3) is 0.0909. The van der Waals surface area contributed by atoms with Crippen LogP contribution in [0.5, 0.6) is 5.75 Å². The highest BCUT2D eigenvalue weighted by Gasteiger charge is 2.01. The van der Waals surface area contributed by atoms with Gasteiger partial charge in [0, 0.05) is 10.4 Å². The third kappa shape index (κ3) is 1.47. The van der Waals surface area contributed by atoms with Crippen molar-refractivity contribution in [3.05, 3.63) is 40.9 Å². The maximum absolute atomic E-state index is 9.59. The fourth-order valence-electron chi connectivity index (χ4n) is 1.42. The van der Waals surface area contributed by atoms with Gasteiger partial charge in [0.1, 0.15) is 5.75 Å². The number of phenols is 1. The molecular formula is C11H9ClO. The summed E-state index contributed by atoms with van der Waals surface area (Å²) < 4.78 is 0. The van der Waals surface area contributed by atoms with E-state index >= 15 is 0 Å². The van der Waals surface area contributed by atoms with Gasteiger partial charge in [0.15, 0.2) is 0 Å². The highest BCUT2D eigenvalue weighted by molar-refractivity contribution is 6.31. The number of fused-ring (bicyclic) bond motifs is 1. The van der Waals surface area contributed by atoms with Crippen LogP contribution in [0.1, 0.15) is 5.56 Å². The molecule has 0 atom stereocenters. The lowest BCUT2D eigenvalue weighted by atomic mass is 10.1. The predicted molar refractivity (Wildman–Crippen MR) is 55.4 cm³/mol. The van der Waals surface area contributed by atoms with E-state index in [1.165, 1.54) is 0 Å². The lowest BCUT2D eigenvalue weighted by Crippen LogP contribution is -1.77. The maximum atomic E-state index is 9.59. The quantitative estimate of drug-likeness (QED) is 0.677. The van der Waals surface area contributed by atoms with E-state index < -0.39 is 0 Å². The van der Waals surface area contributed by atoms with Crippen molar-refractivity contribution < 1.29 is 5.11 Å². The van der Waals surface area contributed by atoms with Gasteiger partial charge in [-0.2, -0.15) is 0 Å². The first kappa shape index (κ1) is 8.39. The van der Waals surface area contributed by atoms with Crippen LogP contribution in [0.15, 0.2) is 30.3 Å². The van der Waals surface area contributed by atoms with Crippen molar-refractivity contribution >= 4 is 22.4 Å². The number of aromatic hydroxyl groups is 1. The van der Waals surface area contributed by atoms with Gasteiger partial charge in [0.25, 0.3) is 0 Å². The molecule has 0 saturated carbocycles. The molecule has 0 heterocycles. The van der Waals surface area contributed by atoms with Crippen LogP contribution >= 0.6 is 11.6 Å². The Morgan fingerprint density at radius 1 is 1.15 bits per heavy atom. The number of hydrogen-bond donors (Lipinski definition) is 1. The van der Waals surface area contributed by atoms with E-state index in [4.69, 9.17) is 11.6 Å². The average Bonchev–Trinajstić information content (AvgIpc) is 2.06. The van der Waals surface area contributed by atoms with Crippen molar-refractivity contribution in [2.75, 3.05) is 0 Å². The topological polar surface area (TPSA) is 20.2 Å². The van der Waals surface area contributed by atoms with Gasteiger partial charge in [-0.25, -0.2) is 0 Å². The summed E-state index contributed by atoms with van der Waals surface area (Å²) in [6.45, 7) is 1.99. The van der Waals surface area contributed by atoms with E-state index in [9.17, 15) is 5.11 Å². The minimum Gasteiger partial charge on any atom is -0.507 e. The highest BCUT2D eigenvalue weighted by atomic mass is 35.5. The van der Waals surface area contributed by atoms with Crippen LogP contribution in [0.4, 0.5) is 0 Å². The smallest absolute Gasteiger partial charge is 0.124 e. The first-order valence-electron chi connectivity index (χ1n) is 4.06. The van der Waals surface area contributed by atoms with E-state index in [0.717, 1.165) is 16.3 Å². The van der Waals surface area contributed by atoms with Crippen molar-refractivity contribution in [1.82, 2.24) is 0 Å². The number of hydrogen-bond acceptors (Lipinski definition) is 1. The summed E-state index contributed by atoms with van der Waals surface area (Å²) in [6, 6.07) is 9.30. The van der Waals surface area contributed by atoms with Gasteiger partial charge in [0.05, 0.1) is 0 Å². The van der Waals surface area contributed by atoms with Crippen molar-refractivity contribution in [2.24, 2.45) is 0 Å². The Labute approximate surface area is 81.6 Å². The first-order valence-corrected chi connectivity index (χ1v) is 4.43. The van der Waals surface area contributed by atoms with Crippen LogP contribution in [-0.2, 0) is 0 Å². The summed E-state index contributed by atoms with van der Waals surface area (Å²) in [5.41, 5.74) is 1.13. The SMILES string of the molecule is Cc1ccc2cc(Cl)cc(O)c2c1. The van der Waals surface area contributed by atoms with Crippen molar-refractivity contribution in [3.63, 3.8) is 0 Å². The second-order valence-electron chi connectivity index (χ2n) is 3.15. The van der Waals surface area contributed by atoms with Crippen LogP contribution in [0.3, 0.4) is 0 Å². The van der Waals surface area contributed by atoms with E-state index in [2.05, 4.69) is 0 Å². The molecular weight excluding hydrogens is 184 g/mol. The molecule has 0 radical (unpaired) electrons. The van der Waals surface area contributed by atoms with Gasteiger partial charge in [-0.1, -0.05) is 29.3 Å². The number of rotatable bonds is 0. The Bertz CT molecular complexity index is 463. The number of phenolic OH excluding ortho intramolecular Hbond substituents is 1. The molecule has 1 N–H and O–H groups in total. The molecule has 0 saturated heterocycles. The molecule has 0 aromatic heterocycles. The molecule has 2 aromatic rings. The van der Waals surface area contributed by atoms with E-state index in [-0.39, 0.29) is 5.75 Å². The molecule has 2 rings (SSSR count). The van der Waals surface area contributed by atoms with Gasteiger partial charge in [-0.05, 0) is 30.5 Å². The molecule has 1 nitrogen and oxygen atoms in total. The molecule has 0 aliphatic heterocycles. The zero-order valence-electron chi connectivity index (χ0n) is 7.21. The first-order chi connectivity index (χ1) is 6.16. The summed E-state index contributed by atoms with van der Waals surface area (Å²) in [6.07, 6.45) is 0. The van der Waals surface area contributed by atoms with Crippen LogP contribution in [0.2, 0.25) is 5.02 Å². The molecule has 0 fully saturated rings. The molecule has 13 heavy (non-hydrogen) atoms. The van der Waals surface area contributed by atoms with Gasteiger partial charge in [-0.3, -0.25) is 0 Å². The maximum Gasteiger partial charge on any atom is 0.124 e. The molecule has 0 aliphatic rings. The van der Waals surface area contributed by atoms with E-state index in [0.29, 0.717) is 5.02 Å². The van der Waals surface area contributed by atoms with Gasteiger partial charge in [0.2, 0.25) is 0 Å². The standard InChI is InChI=1S/C11H9ClO/c1-7-2-3-8-5-9(12)6-11(13)10(8)4-7/h2-6,13H,1H3. The number of halogens is 1. The Hall–Kier alpha value is -1.21. The summed E-state index contributed by atoms with van der Waals surface area (Å²) in [7, 11) is 0. The minimum atomic E-state index is 0.242. The third-order valence-electron chi connectivity index (χ3n) is 2.05. The zero-order valence-corrected chi connectivity index (χ0v) is 7.97. The molecule has 0 spiro atoms. The summed E-state index contributed by atoms with van der Waals surface area (Å²) >= 11 is 5.80. The number of benzene rings is 2. The van der Waals surface area contributed by atoms with Crippen LogP contribution in [0.25, 0.3) is 10.8 Å². The predicted octanol–water partition coefficient (Wildman–Crippen LogP) is 3.51. The lowest BCUT2D eigenvalue weighted by molar-refractivity contribution is 0.481. The van der Waals surface area contributed by atoms with Crippen molar-refractivity contribution in [3.8, 4) is 5.75 Å². The Kier molecular flexibility index (Phi) is 1.89.